The molecule has 7 heteroatoms. The molecule has 2 aromatic carbocycles. The van der Waals surface area contributed by atoms with Crippen molar-refractivity contribution in [2.75, 3.05) is 4.31 Å². The van der Waals surface area contributed by atoms with E-state index in [1.54, 1.807) is 17.1 Å². The second-order valence-electron chi connectivity index (χ2n) is 5.26. The molecule has 4 rings (SSSR count). The quantitative estimate of drug-likeness (QED) is 0.500. The SMILES string of the molecule is Cl.FC1=S(c2ccccc2)N(c2ccccc2)C(Cn2cncn2)=C1. The molecular weight excluding hydrogens is 359 g/mol. The lowest BCUT2D eigenvalue weighted by atomic mass is 10.3. The Labute approximate surface area is 154 Å². The maximum Gasteiger partial charge on any atom is 0.172 e. The minimum Gasteiger partial charge on any atom is -0.286 e. The van der Waals surface area contributed by atoms with Gasteiger partial charge in [-0.15, -0.1) is 12.4 Å². The van der Waals surface area contributed by atoms with Gasteiger partial charge in [-0.1, -0.05) is 36.4 Å². The van der Waals surface area contributed by atoms with Crippen molar-refractivity contribution in [1.29, 1.82) is 0 Å². The van der Waals surface area contributed by atoms with Gasteiger partial charge in [0, 0.05) is 11.0 Å². The largest absolute Gasteiger partial charge is 0.286 e. The van der Waals surface area contributed by atoms with Gasteiger partial charge in [0.1, 0.15) is 12.7 Å². The van der Waals surface area contributed by atoms with Crippen LogP contribution in [0.4, 0.5) is 10.1 Å². The first-order valence-corrected chi connectivity index (χ1v) is 8.71. The van der Waals surface area contributed by atoms with Crippen LogP contribution in [0, 0.1) is 0 Å². The van der Waals surface area contributed by atoms with Crippen LogP contribution in [0.5, 0.6) is 0 Å². The Bertz CT molecular complexity index is 895. The third kappa shape index (κ3) is 3.50. The monoisotopic (exact) mass is 374 g/mol. The summed E-state index contributed by atoms with van der Waals surface area (Å²) in [5, 5.41) is 4.00. The second-order valence-corrected chi connectivity index (χ2v) is 7.06. The zero-order valence-electron chi connectivity index (χ0n) is 13.2. The van der Waals surface area contributed by atoms with Gasteiger partial charge in [-0.25, -0.2) is 9.67 Å². The molecule has 128 valence electrons. The van der Waals surface area contributed by atoms with Gasteiger partial charge in [0.25, 0.3) is 0 Å². The van der Waals surface area contributed by atoms with Gasteiger partial charge in [0.15, 0.2) is 5.12 Å². The molecule has 25 heavy (non-hydrogen) atoms. The highest BCUT2D eigenvalue weighted by Gasteiger charge is 2.27. The molecule has 0 saturated heterocycles. The van der Waals surface area contributed by atoms with Crippen LogP contribution in [0.1, 0.15) is 0 Å². The lowest BCUT2D eigenvalue weighted by Gasteiger charge is -2.26. The van der Waals surface area contributed by atoms with E-state index < -0.39 is 10.7 Å². The minimum atomic E-state index is -0.787. The third-order valence-corrected chi connectivity index (χ3v) is 5.67. The Hall–Kier alpha value is -2.44. The number of rotatable bonds is 4. The summed E-state index contributed by atoms with van der Waals surface area (Å²) >= 11 is 0. The Balaban J connectivity index is 0.00000182. The van der Waals surface area contributed by atoms with E-state index in [1.807, 2.05) is 65.0 Å². The van der Waals surface area contributed by atoms with Crippen molar-refractivity contribution in [3.63, 3.8) is 0 Å². The number of anilines is 1. The summed E-state index contributed by atoms with van der Waals surface area (Å²) in [5.74, 6) is 0. The fourth-order valence-electron chi connectivity index (χ4n) is 2.64. The zero-order valence-corrected chi connectivity index (χ0v) is 14.8. The number of halogens is 2. The van der Waals surface area contributed by atoms with E-state index in [4.69, 9.17) is 0 Å². The molecular formula is C18H16ClFN4S. The molecule has 1 aliphatic rings. The lowest BCUT2D eigenvalue weighted by Crippen LogP contribution is -2.18. The van der Waals surface area contributed by atoms with Gasteiger partial charge in [0.05, 0.1) is 17.9 Å². The molecule has 0 amide bonds. The van der Waals surface area contributed by atoms with E-state index >= 15 is 0 Å². The summed E-state index contributed by atoms with van der Waals surface area (Å²) in [5.41, 5.74) is 1.82. The molecule has 1 unspecified atom stereocenters. The van der Waals surface area contributed by atoms with Crippen molar-refractivity contribution in [2.45, 2.75) is 11.4 Å². The van der Waals surface area contributed by atoms with Gasteiger partial charge in [-0.05, 0) is 34.9 Å². The van der Waals surface area contributed by atoms with Gasteiger partial charge in [-0.2, -0.15) is 9.49 Å². The summed E-state index contributed by atoms with van der Waals surface area (Å²) in [6.07, 6.45) is 4.74. The molecule has 0 N–H and O–H groups in total. The highest BCUT2D eigenvalue weighted by Crippen LogP contribution is 2.44. The van der Waals surface area contributed by atoms with Gasteiger partial charge >= 0.3 is 0 Å². The van der Waals surface area contributed by atoms with Crippen molar-refractivity contribution in [3.8, 4) is 0 Å². The Kier molecular flexibility index (Phi) is 5.31. The van der Waals surface area contributed by atoms with Gasteiger partial charge in [-0.3, -0.25) is 4.31 Å². The molecule has 0 spiro atoms. The fourth-order valence-corrected chi connectivity index (χ4v) is 4.59. The molecule has 1 aliphatic heterocycles. The summed E-state index contributed by atoms with van der Waals surface area (Å²) in [6.45, 7) is 0.471. The summed E-state index contributed by atoms with van der Waals surface area (Å²) in [6, 6.07) is 19.6. The van der Waals surface area contributed by atoms with Crippen LogP contribution >= 0.6 is 23.1 Å². The smallest absolute Gasteiger partial charge is 0.172 e. The number of hydrogen-bond donors (Lipinski definition) is 0. The van der Waals surface area contributed by atoms with Crippen LogP contribution in [0.15, 0.2) is 90.0 Å². The number of hydrogen-bond acceptors (Lipinski definition) is 3. The van der Waals surface area contributed by atoms with Crippen molar-refractivity contribution in [2.24, 2.45) is 0 Å². The summed E-state index contributed by atoms with van der Waals surface area (Å²) < 4.78 is 18.6. The minimum absolute atomic E-state index is 0. The van der Waals surface area contributed by atoms with E-state index in [2.05, 4.69) is 10.1 Å². The zero-order chi connectivity index (χ0) is 16.4. The van der Waals surface area contributed by atoms with Gasteiger partial charge < -0.3 is 0 Å². The molecule has 0 saturated carbocycles. The first-order chi connectivity index (χ1) is 11.8. The number of nitrogens with zero attached hydrogens (tertiary/aromatic N) is 4. The van der Waals surface area contributed by atoms with Gasteiger partial charge in [0.2, 0.25) is 0 Å². The van der Waals surface area contributed by atoms with E-state index in [0.717, 1.165) is 16.3 Å². The molecule has 0 radical (unpaired) electrons. The number of aromatic nitrogens is 3. The molecule has 4 nitrogen and oxygen atoms in total. The molecule has 0 bridgehead atoms. The summed E-state index contributed by atoms with van der Waals surface area (Å²) in [7, 11) is -0.787. The predicted octanol–water partition coefficient (Wildman–Crippen LogP) is 4.45. The average Bonchev–Trinajstić information content (AvgIpc) is 3.24. The maximum atomic E-state index is 14.9. The topological polar surface area (TPSA) is 34.0 Å². The second kappa shape index (κ2) is 7.63. The van der Waals surface area contributed by atoms with Crippen molar-refractivity contribution >= 4 is 33.9 Å². The molecule has 0 aliphatic carbocycles. The molecule has 2 heterocycles. The normalized spacial score (nSPS) is 16.5. The maximum absolute atomic E-state index is 14.9. The van der Waals surface area contributed by atoms with E-state index in [1.165, 1.54) is 6.33 Å². The van der Waals surface area contributed by atoms with Crippen LogP contribution in [-0.4, -0.2) is 19.9 Å². The van der Waals surface area contributed by atoms with E-state index in [9.17, 15) is 4.39 Å². The standard InChI is InChI=1S/C18H15FN4S.ClH/c19-18-11-16(12-22-14-20-13-21-22)23(15-7-3-1-4-8-15)24(18)17-9-5-2-6-10-17;/h1-11,13-14H,12H2;1H. The Morgan fingerprint density at radius 1 is 0.960 bits per heavy atom. The predicted molar refractivity (Wildman–Crippen MR) is 103 cm³/mol. The number of para-hydroxylation sites is 1. The Morgan fingerprint density at radius 3 is 2.28 bits per heavy atom. The van der Waals surface area contributed by atoms with Crippen molar-refractivity contribution < 1.29 is 4.39 Å². The van der Waals surface area contributed by atoms with Crippen molar-refractivity contribution in [3.05, 3.63) is 85.1 Å². The van der Waals surface area contributed by atoms with E-state index in [-0.39, 0.29) is 17.5 Å². The molecule has 3 aromatic rings. The Morgan fingerprint density at radius 2 is 1.64 bits per heavy atom. The molecule has 1 aromatic heterocycles. The molecule has 0 fully saturated rings. The van der Waals surface area contributed by atoms with Crippen LogP contribution in [-0.2, 0) is 6.54 Å². The van der Waals surface area contributed by atoms with Crippen LogP contribution in [0.2, 0.25) is 0 Å². The average molecular weight is 375 g/mol. The summed E-state index contributed by atoms with van der Waals surface area (Å²) in [4.78, 5) is 4.91. The van der Waals surface area contributed by atoms with E-state index in [0.29, 0.717) is 6.54 Å². The van der Waals surface area contributed by atoms with Crippen LogP contribution < -0.4 is 4.31 Å². The highest BCUT2D eigenvalue weighted by atomic mass is 35.5. The lowest BCUT2D eigenvalue weighted by molar-refractivity contribution is 0.672. The fraction of sp³-hybridized carbons (Fsp3) is 0.0556. The highest BCUT2D eigenvalue weighted by molar-refractivity contribution is 8.17. The van der Waals surface area contributed by atoms with Crippen molar-refractivity contribution in [1.82, 2.24) is 14.8 Å². The van der Waals surface area contributed by atoms with Crippen LogP contribution in [0.3, 0.4) is 0 Å². The molecule has 1 atom stereocenters. The first kappa shape index (κ1) is 17.4. The third-order valence-electron chi connectivity index (χ3n) is 3.66. The number of benzene rings is 2. The van der Waals surface area contributed by atoms with Crippen LogP contribution in [0.25, 0.3) is 0 Å². The first-order valence-electron chi connectivity index (χ1n) is 7.53. The number of allylic oxidation sites excluding steroid dienone is 2.